The zero-order valence-electron chi connectivity index (χ0n) is 12.8. The number of rotatable bonds is 4. The van der Waals surface area contributed by atoms with E-state index in [9.17, 15) is 0 Å². The van der Waals surface area contributed by atoms with Crippen molar-refractivity contribution in [3.63, 3.8) is 0 Å². The molecule has 3 aliphatic rings. The summed E-state index contributed by atoms with van der Waals surface area (Å²) < 4.78 is 6.30. The molecular formula is C16H25N3OS. The molecule has 0 unspecified atom stereocenters. The first kappa shape index (κ1) is 14.1. The summed E-state index contributed by atoms with van der Waals surface area (Å²) >= 11 is 1.76. The highest BCUT2D eigenvalue weighted by molar-refractivity contribution is 7.09. The van der Waals surface area contributed by atoms with E-state index < -0.39 is 0 Å². The van der Waals surface area contributed by atoms with Gasteiger partial charge in [-0.2, -0.15) is 0 Å². The molecule has 3 fully saturated rings. The monoisotopic (exact) mass is 307 g/mol. The molecule has 1 aliphatic carbocycles. The van der Waals surface area contributed by atoms with Gasteiger partial charge in [-0.25, -0.2) is 4.98 Å². The molecule has 3 heterocycles. The first-order chi connectivity index (χ1) is 10.2. The van der Waals surface area contributed by atoms with Crippen molar-refractivity contribution in [3.05, 3.63) is 16.6 Å². The van der Waals surface area contributed by atoms with Crippen molar-refractivity contribution >= 4 is 11.3 Å². The quantitative estimate of drug-likeness (QED) is 0.854. The lowest BCUT2D eigenvalue weighted by atomic mass is 9.87. The van der Waals surface area contributed by atoms with Gasteiger partial charge in [0.2, 0.25) is 0 Å². The summed E-state index contributed by atoms with van der Waals surface area (Å²) in [6.07, 6.45) is 8.30. The topological polar surface area (TPSA) is 28.6 Å². The average Bonchev–Trinajstić information content (AvgIpc) is 3.08. The average molecular weight is 307 g/mol. The van der Waals surface area contributed by atoms with Crippen LogP contribution in [0.3, 0.4) is 0 Å². The minimum Gasteiger partial charge on any atom is -0.373 e. The van der Waals surface area contributed by atoms with Gasteiger partial charge in [-0.15, -0.1) is 11.3 Å². The molecule has 0 amide bonds. The fourth-order valence-corrected chi connectivity index (χ4v) is 4.51. The van der Waals surface area contributed by atoms with Gasteiger partial charge in [0.15, 0.2) is 0 Å². The highest BCUT2D eigenvalue weighted by atomic mass is 32.1. The van der Waals surface area contributed by atoms with E-state index in [1.807, 2.05) is 6.20 Å². The van der Waals surface area contributed by atoms with Crippen molar-refractivity contribution in [2.24, 2.45) is 0 Å². The Labute approximate surface area is 131 Å². The summed E-state index contributed by atoms with van der Waals surface area (Å²) in [5.74, 6) is 0. The van der Waals surface area contributed by atoms with Crippen LogP contribution in [0.4, 0.5) is 0 Å². The van der Waals surface area contributed by atoms with Crippen LogP contribution in [0.2, 0.25) is 0 Å². The summed E-state index contributed by atoms with van der Waals surface area (Å²) in [6, 6.07) is 1.50. The number of ether oxygens (including phenoxy) is 1. The molecule has 0 aromatic carbocycles. The Morgan fingerprint density at radius 3 is 2.86 bits per heavy atom. The number of likely N-dealkylation sites (tertiary alicyclic amines) is 1. The van der Waals surface area contributed by atoms with E-state index in [1.165, 1.54) is 37.1 Å². The second-order valence-electron chi connectivity index (χ2n) is 6.95. The smallest absolute Gasteiger partial charge is 0.107 e. The van der Waals surface area contributed by atoms with Crippen molar-refractivity contribution in [2.75, 3.05) is 26.7 Å². The third kappa shape index (κ3) is 3.02. The van der Waals surface area contributed by atoms with Crippen LogP contribution in [0, 0.1) is 0 Å². The molecule has 2 saturated heterocycles. The standard InChI is InChI=1S/C16H25N3OS/c1-18(13-2-3-13)14-10-16(20-12-14)4-7-19(8-5-16)11-15-17-6-9-21-15/h6,9,13-14H,2-5,7-8,10-12H2,1H3/t14-/m1/s1. The Kier molecular flexibility index (Phi) is 3.78. The second kappa shape index (κ2) is 5.61. The van der Waals surface area contributed by atoms with Gasteiger partial charge in [-0.1, -0.05) is 0 Å². The van der Waals surface area contributed by atoms with Crippen LogP contribution in [0.1, 0.15) is 37.1 Å². The molecule has 1 saturated carbocycles. The van der Waals surface area contributed by atoms with Gasteiger partial charge >= 0.3 is 0 Å². The molecule has 116 valence electrons. The van der Waals surface area contributed by atoms with Gasteiger partial charge in [-0.05, 0) is 39.2 Å². The van der Waals surface area contributed by atoms with Gasteiger partial charge < -0.3 is 4.74 Å². The predicted octanol–water partition coefficient (Wildman–Crippen LogP) is 2.36. The molecule has 0 bridgehead atoms. The van der Waals surface area contributed by atoms with E-state index in [0.717, 1.165) is 32.3 Å². The molecule has 4 rings (SSSR count). The molecule has 1 aromatic rings. The van der Waals surface area contributed by atoms with Crippen LogP contribution >= 0.6 is 11.3 Å². The van der Waals surface area contributed by atoms with E-state index >= 15 is 0 Å². The summed E-state index contributed by atoms with van der Waals surface area (Å²) in [5.41, 5.74) is 0.174. The highest BCUT2D eigenvalue weighted by Gasteiger charge is 2.45. The fraction of sp³-hybridized carbons (Fsp3) is 0.812. The Bertz CT molecular complexity index is 466. The number of nitrogens with zero attached hydrogens (tertiary/aromatic N) is 3. The first-order valence-electron chi connectivity index (χ1n) is 8.21. The van der Waals surface area contributed by atoms with E-state index in [0.29, 0.717) is 6.04 Å². The van der Waals surface area contributed by atoms with Crippen LogP contribution < -0.4 is 0 Å². The summed E-state index contributed by atoms with van der Waals surface area (Å²) in [4.78, 5) is 9.51. The summed E-state index contributed by atoms with van der Waals surface area (Å²) in [5, 5.41) is 3.31. The van der Waals surface area contributed by atoms with Crippen molar-refractivity contribution in [3.8, 4) is 0 Å². The van der Waals surface area contributed by atoms with E-state index in [-0.39, 0.29) is 5.60 Å². The number of hydrogen-bond acceptors (Lipinski definition) is 5. The molecule has 21 heavy (non-hydrogen) atoms. The van der Waals surface area contributed by atoms with Crippen molar-refractivity contribution < 1.29 is 4.74 Å². The van der Waals surface area contributed by atoms with E-state index in [1.54, 1.807) is 11.3 Å². The van der Waals surface area contributed by atoms with Crippen LogP contribution in [0.15, 0.2) is 11.6 Å². The van der Waals surface area contributed by atoms with Crippen LogP contribution in [0.5, 0.6) is 0 Å². The lowest BCUT2D eigenvalue weighted by molar-refractivity contribution is -0.0452. The largest absolute Gasteiger partial charge is 0.373 e. The van der Waals surface area contributed by atoms with Gasteiger partial charge in [0, 0.05) is 36.8 Å². The Morgan fingerprint density at radius 1 is 1.38 bits per heavy atom. The molecular weight excluding hydrogens is 282 g/mol. The maximum absolute atomic E-state index is 6.30. The van der Waals surface area contributed by atoms with Crippen molar-refractivity contribution in [2.45, 2.75) is 56.3 Å². The van der Waals surface area contributed by atoms with Gasteiger partial charge in [-0.3, -0.25) is 9.80 Å². The van der Waals surface area contributed by atoms with Crippen molar-refractivity contribution in [1.29, 1.82) is 0 Å². The number of aromatic nitrogens is 1. The summed E-state index contributed by atoms with van der Waals surface area (Å²) in [6.45, 7) is 4.26. The zero-order valence-corrected chi connectivity index (χ0v) is 13.6. The summed E-state index contributed by atoms with van der Waals surface area (Å²) in [7, 11) is 2.29. The number of likely N-dealkylation sites (N-methyl/N-ethyl adjacent to an activating group) is 1. The van der Waals surface area contributed by atoms with E-state index in [4.69, 9.17) is 4.74 Å². The van der Waals surface area contributed by atoms with Crippen LogP contribution in [-0.4, -0.2) is 59.2 Å². The number of hydrogen-bond donors (Lipinski definition) is 0. The zero-order chi connectivity index (χ0) is 14.3. The third-order valence-electron chi connectivity index (χ3n) is 5.50. The molecule has 4 nitrogen and oxygen atoms in total. The van der Waals surface area contributed by atoms with Gasteiger partial charge in [0.1, 0.15) is 5.01 Å². The Morgan fingerprint density at radius 2 is 2.19 bits per heavy atom. The third-order valence-corrected chi connectivity index (χ3v) is 6.26. The van der Waals surface area contributed by atoms with Crippen LogP contribution in [0.25, 0.3) is 0 Å². The maximum Gasteiger partial charge on any atom is 0.107 e. The highest BCUT2D eigenvalue weighted by Crippen LogP contribution is 2.40. The lowest BCUT2D eigenvalue weighted by Crippen LogP contribution is -2.44. The Hall–Kier alpha value is -0.490. The first-order valence-corrected chi connectivity index (χ1v) is 9.09. The van der Waals surface area contributed by atoms with Gasteiger partial charge in [0.05, 0.1) is 18.8 Å². The molecule has 1 spiro atoms. The molecule has 2 aliphatic heterocycles. The molecule has 0 N–H and O–H groups in total. The molecule has 0 radical (unpaired) electrons. The lowest BCUT2D eigenvalue weighted by Gasteiger charge is -2.38. The van der Waals surface area contributed by atoms with Crippen LogP contribution in [-0.2, 0) is 11.3 Å². The SMILES string of the molecule is CN(C1CC1)[C@H]1COC2(CCN(Cc3nccs3)CC2)C1. The number of thiazole rings is 1. The predicted molar refractivity (Wildman–Crippen MR) is 84.5 cm³/mol. The second-order valence-corrected chi connectivity index (χ2v) is 7.93. The van der Waals surface area contributed by atoms with Crippen molar-refractivity contribution in [1.82, 2.24) is 14.8 Å². The van der Waals surface area contributed by atoms with E-state index in [2.05, 4.69) is 27.2 Å². The molecule has 1 atom stereocenters. The van der Waals surface area contributed by atoms with Gasteiger partial charge in [0.25, 0.3) is 0 Å². The fourth-order valence-electron chi connectivity index (χ4n) is 3.85. The normalized spacial score (nSPS) is 29.5. The number of piperidine rings is 1. The molecule has 1 aromatic heterocycles. The minimum atomic E-state index is 0.174. The minimum absolute atomic E-state index is 0.174. The maximum atomic E-state index is 6.30. The molecule has 5 heteroatoms. The Balaban J connectivity index is 1.30.